The van der Waals surface area contributed by atoms with Gasteiger partial charge in [-0.2, -0.15) is 0 Å². The molecule has 0 saturated heterocycles. The van der Waals surface area contributed by atoms with E-state index in [9.17, 15) is 18.8 Å². The number of carbonyl (C=O) groups excluding carboxylic acids is 3. The van der Waals surface area contributed by atoms with Crippen molar-refractivity contribution in [2.45, 2.75) is 5.16 Å². The van der Waals surface area contributed by atoms with Gasteiger partial charge in [0, 0.05) is 31.0 Å². The van der Waals surface area contributed by atoms with Crippen molar-refractivity contribution >= 4 is 35.2 Å². The Kier molecular flexibility index (Phi) is 7.26. The Morgan fingerprint density at radius 3 is 2.34 bits per heavy atom. The van der Waals surface area contributed by atoms with Crippen molar-refractivity contribution in [1.82, 2.24) is 14.5 Å². The van der Waals surface area contributed by atoms with Crippen LogP contribution in [0.25, 0.3) is 5.69 Å². The van der Waals surface area contributed by atoms with Crippen molar-refractivity contribution in [2.24, 2.45) is 0 Å². The van der Waals surface area contributed by atoms with Gasteiger partial charge in [-0.3, -0.25) is 14.2 Å². The zero-order valence-corrected chi connectivity index (χ0v) is 18.5. The molecule has 8 nitrogen and oxygen atoms in total. The lowest BCUT2D eigenvalue weighted by Gasteiger charge is -2.12. The van der Waals surface area contributed by atoms with E-state index in [2.05, 4.69) is 10.3 Å². The molecule has 2 amide bonds. The normalized spacial score (nSPS) is 10.5. The van der Waals surface area contributed by atoms with Crippen molar-refractivity contribution in [3.8, 4) is 5.69 Å². The summed E-state index contributed by atoms with van der Waals surface area (Å²) in [5, 5.41) is 3.12. The Morgan fingerprint density at radius 1 is 1.09 bits per heavy atom. The highest BCUT2D eigenvalue weighted by atomic mass is 32.2. The molecule has 0 aliphatic rings. The van der Waals surface area contributed by atoms with Crippen LogP contribution in [0.15, 0.2) is 59.9 Å². The van der Waals surface area contributed by atoms with Crippen molar-refractivity contribution in [3.05, 3.63) is 71.8 Å². The second-order valence-electron chi connectivity index (χ2n) is 6.84. The summed E-state index contributed by atoms with van der Waals surface area (Å²) in [6.45, 7) is -0.513. The summed E-state index contributed by atoms with van der Waals surface area (Å²) in [6, 6.07) is 12.0. The summed E-state index contributed by atoms with van der Waals surface area (Å²) in [5.74, 6) is -1.84. The third-order valence-corrected chi connectivity index (χ3v) is 5.02. The molecular weight excluding hydrogens is 435 g/mol. The smallest absolute Gasteiger partial charge is 0.357 e. The van der Waals surface area contributed by atoms with Gasteiger partial charge < -0.3 is 15.0 Å². The van der Waals surface area contributed by atoms with Crippen LogP contribution >= 0.6 is 11.8 Å². The zero-order chi connectivity index (χ0) is 23.3. The van der Waals surface area contributed by atoms with E-state index in [0.29, 0.717) is 22.1 Å². The maximum Gasteiger partial charge on any atom is 0.357 e. The highest BCUT2D eigenvalue weighted by Gasteiger charge is 2.20. The average Bonchev–Trinajstić information content (AvgIpc) is 3.22. The summed E-state index contributed by atoms with van der Waals surface area (Å²) >= 11 is 1.31. The van der Waals surface area contributed by atoms with Crippen molar-refractivity contribution in [1.29, 1.82) is 0 Å². The molecule has 2 aromatic carbocycles. The number of thioether (sulfide) groups is 1. The first kappa shape index (κ1) is 23.0. The first-order valence-electron chi connectivity index (χ1n) is 9.46. The average molecular weight is 456 g/mol. The molecule has 32 heavy (non-hydrogen) atoms. The molecule has 1 heterocycles. The number of hydrogen-bond acceptors (Lipinski definition) is 6. The van der Waals surface area contributed by atoms with E-state index in [-0.39, 0.29) is 11.6 Å². The van der Waals surface area contributed by atoms with Crippen LogP contribution in [-0.2, 0) is 9.53 Å². The molecule has 3 rings (SSSR count). The van der Waals surface area contributed by atoms with Gasteiger partial charge in [0.15, 0.2) is 17.5 Å². The van der Waals surface area contributed by atoms with Crippen molar-refractivity contribution in [3.63, 3.8) is 0 Å². The second kappa shape index (κ2) is 10.1. The fraction of sp³-hybridized carbons (Fsp3) is 0.182. The zero-order valence-electron chi connectivity index (χ0n) is 17.7. The first-order chi connectivity index (χ1) is 15.3. The number of anilines is 1. The number of ether oxygens (including phenoxy) is 1. The molecule has 10 heteroatoms. The molecule has 0 bridgehead atoms. The minimum atomic E-state index is -0.746. The van der Waals surface area contributed by atoms with Gasteiger partial charge in [0.2, 0.25) is 0 Å². The summed E-state index contributed by atoms with van der Waals surface area (Å²) in [7, 11) is 3.30. The molecular formula is C22H21FN4O4S. The number of esters is 1. The lowest BCUT2D eigenvalue weighted by Crippen LogP contribution is -2.23. The van der Waals surface area contributed by atoms with Gasteiger partial charge in [0.1, 0.15) is 5.82 Å². The lowest BCUT2D eigenvalue weighted by molar-refractivity contribution is -0.119. The number of benzene rings is 2. The number of imidazole rings is 1. The monoisotopic (exact) mass is 456 g/mol. The Balaban J connectivity index is 1.65. The predicted molar refractivity (Wildman–Crippen MR) is 119 cm³/mol. The lowest BCUT2D eigenvalue weighted by atomic mass is 10.2. The predicted octanol–water partition coefficient (Wildman–Crippen LogP) is 3.23. The fourth-order valence-corrected chi connectivity index (χ4v) is 3.36. The molecule has 0 aliphatic heterocycles. The number of nitrogens with zero attached hydrogens (tertiary/aromatic N) is 3. The molecule has 1 N–H and O–H groups in total. The van der Waals surface area contributed by atoms with Crippen LogP contribution in [-0.4, -0.2) is 59.2 Å². The van der Waals surface area contributed by atoms with Crippen molar-refractivity contribution < 1.29 is 23.5 Å². The highest BCUT2D eigenvalue weighted by molar-refractivity contribution is 7.98. The molecule has 0 fully saturated rings. The quantitative estimate of drug-likeness (QED) is 0.433. The Labute approximate surface area is 188 Å². The van der Waals surface area contributed by atoms with Crippen LogP contribution < -0.4 is 5.32 Å². The van der Waals surface area contributed by atoms with Crippen LogP contribution in [0.5, 0.6) is 0 Å². The molecule has 0 unspecified atom stereocenters. The van der Waals surface area contributed by atoms with Gasteiger partial charge in [0.05, 0.1) is 6.20 Å². The van der Waals surface area contributed by atoms with E-state index in [1.807, 2.05) is 0 Å². The van der Waals surface area contributed by atoms with Gasteiger partial charge in [-0.25, -0.2) is 14.2 Å². The number of hydrogen-bond donors (Lipinski definition) is 1. The second-order valence-corrected chi connectivity index (χ2v) is 7.62. The fourth-order valence-electron chi connectivity index (χ4n) is 2.82. The van der Waals surface area contributed by atoms with E-state index in [1.54, 1.807) is 44.6 Å². The van der Waals surface area contributed by atoms with E-state index >= 15 is 0 Å². The number of carbonyl (C=O) groups is 3. The summed E-state index contributed by atoms with van der Waals surface area (Å²) < 4.78 is 19.9. The van der Waals surface area contributed by atoms with Gasteiger partial charge in [0.25, 0.3) is 11.8 Å². The maximum absolute atomic E-state index is 13.3. The SMILES string of the molecule is CSc1ncc(C(=O)OCC(=O)Nc2ccc(C(=O)N(C)C)cc2)n1-c1ccc(F)cc1. The largest absolute Gasteiger partial charge is 0.451 e. The molecule has 0 aliphatic carbocycles. The number of halogens is 1. The summed E-state index contributed by atoms with van der Waals surface area (Å²) in [6.07, 6.45) is 3.14. The minimum Gasteiger partial charge on any atom is -0.451 e. The van der Waals surface area contributed by atoms with E-state index in [4.69, 9.17) is 4.74 Å². The Bertz CT molecular complexity index is 1130. The third-order valence-electron chi connectivity index (χ3n) is 4.36. The molecule has 1 aromatic heterocycles. The number of aromatic nitrogens is 2. The molecule has 0 spiro atoms. The number of rotatable bonds is 7. The summed E-state index contributed by atoms with van der Waals surface area (Å²) in [5.41, 5.74) is 1.60. The minimum absolute atomic E-state index is 0.111. The Morgan fingerprint density at radius 2 is 1.75 bits per heavy atom. The topological polar surface area (TPSA) is 93.5 Å². The van der Waals surface area contributed by atoms with E-state index in [1.165, 1.54) is 51.7 Å². The van der Waals surface area contributed by atoms with Crippen LogP contribution in [0.4, 0.5) is 10.1 Å². The van der Waals surface area contributed by atoms with Gasteiger partial charge in [-0.15, -0.1) is 0 Å². The van der Waals surface area contributed by atoms with E-state index < -0.39 is 24.3 Å². The standard InChI is InChI=1S/C22H21FN4O4S/c1-26(2)20(29)14-4-8-16(9-5-14)25-19(28)13-31-21(30)18-12-24-22(32-3)27(18)17-10-6-15(23)7-11-17/h4-12H,13H2,1-3H3,(H,25,28). The third kappa shape index (κ3) is 5.33. The van der Waals surface area contributed by atoms with Crippen LogP contribution in [0, 0.1) is 5.82 Å². The van der Waals surface area contributed by atoms with Gasteiger partial charge >= 0.3 is 5.97 Å². The molecule has 0 atom stereocenters. The van der Waals surface area contributed by atoms with Gasteiger partial charge in [-0.1, -0.05) is 11.8 Å². The molecule has 0 saturated carbocycles. The van der Waals surface area contributed by atoms with Crippen LogP contribution in [0.1, 0.15) is 20.8 Å². The number of amides is 2. The van der Waals surface area contributed by atoms with Crippen LogP contribution in [0.3, 0.4) is 0 Å². The number of nitrogens with one attached hydrogen (secondary N) is 1. The maximum atomic E-state index is 13.3. The molecule has 0 radical (unpaired) electrons. The van der Waals surface area contributed by atoms with Crippen LogP contribution in [0.2, 0.25) is 0 Å². The van der Waals surface area contributed by atoms with E-state index in [0.717, 1.165) is 0 Å². The van der Waals surface area contributed by atoms with Gasteiger partial charge in [-0.05, 0) is 54.8 Å². The first-order valence-corrected chi connectivity index (χ1v) is 10.7. The highest BCUT2D eigenvalue weighted by Crippen LogP contribution is 2.22. The van der Waals surface area contributed by atoms with Crippen molar-refractivity contribution in [2.75, 3.05) is 32.3 Å². The molecule has 3 aromatic rings. The molecule has 166 valence electrons. The Hall–Kier alpha value is -3.66. The summed E-state index contributed by atoms with van der Waals surface area (Å²) in [4.78, 5) is 42.3.